The fourth-order valence-electron chi connectivity index (χ4n) is 2.63. The van der Waals surface area contributed by atoms with Crippen LogP contribution in [0.3, 0.4) is 0 Å². The monoisotopic (exact) mass is 316 g/mol. The number of nitrogens with zero attached hydrogens (tertiary/aromatic N) is 1. The number of halogens is 2. The van der Waals surface area contributed by atoms with Crippen molar-refractivity contribution in [1.29, 1.82) is 0 Å². The van der Waals surface area contributed by atoms with Gasteiger partial charge in [-0.05, 0) is 23.3 Å². The molecule has 2 N–H and O–H groups in total. The number of para-hydroxylation sites is 1. The lowest BCUT2D eigenvalue weighted by Crippen LogP contribution is -2.34. The molecule has 3 rings (SSSR count). The molecule has 0 saturated heterocycles. The summed E-state index contributed by atoms with van der Waals surface area (Å²) in [5.74, 6) is -4.74. The Morgan fingerprint density at radius 3 is 2.70 bits per heavy atom. The highest BCUT2D eigenvalue weighted by Crippen LogP contribution is 2.44. The maximum atomic E-state index is 14.1. The van der Waals surface area contributed by atoms with Gasteiger partial charge in [-0.3, -0.25) is 15.5 Å². The maximum absolute atomic E-state index is 14.1. The zero-order valence-corrected chi connectivity index (χ0v) is 12.1. The summed E-state index contributed by atoms with van der Waals surface area (Å²) >= 11 is 0. The summed E-state index contributed by atoms with van der Waals surface area (Å²) in [6, 6.07) is 12.7. The minimum absolute atomic E-state index is 0.0119. The quantitative estimate of drug-likeness (QED) is 0.851. The number of benzene rings is 2. The van der Waals surface area contributed by atoms with Crippen LogP contribution in [0.15, 0.2) is 55.1 Å². The molecule has 0 atom stereocenters. The van der Waals surface area contributed by atoms with Crippen LogP contribution in [0.5, 0.6) is 0 Å². The van der Waals surface area contributed by atoms with E-state index in [4.69, 9.17) is 5.21 Å². The number of carbonyl (C=O) groups excluding carboxylic acids is 1. The summed E-state index contributed by atoms with van der Waals surface area (Å²) in [5, 5.41) is 8.89. The molecule has 6 heteroatoms. The Hall–Kier alpha value is -2.73. The number of alkyl halides is 2. The SMILES string of the molecule is C=C(NO)c1cccc(CN2C(=O)C(F)(F)c3ccccc32)c1. The lowest BCUT2D eigenvalue weighted by molar-refractivity contribution is -0.141. The summed E-state index contributed by atoms with van der Waals surface area (Å²) in [5.41, 5.74) is 3.43. The second kappa shape index (κ2) is 5.48. The van der Waals surface area contributed by atoms with Crippen LogP contribution in [0.1, 0.15) is 16.7 Å². The van der Waals surface area contributed by atoms with E-state index in [0.717, 1.165) is 4.90 Å². The first-order valence-electron chi connectivity index (χ1n) is 6.92. The van der Waals surface area contributed by atoms with Crippen LogP contribution in [0.25, 0.3) is 5.70 Å². The summed E-state index contributed by atoms with van der Waals surface area (Å²) in [6.07, 6.45) is 0. The van der Waals surface area contributed by atoms with E-state index in [0.29, 0.717) is 11.1 Å². The molecule has 1 aliphatic rings. The third kappa shape index (κ3) is 2.47. The smallest absolute Gasteiger partial charge is 0.302 e. The zero-order chi connectivity index (χ0) is 16.6. The lowest BCUT2D eigenvalue weighted by atomic mass is 10.1. The fourth-order valence-corrected chi connectivity index (χ4v) is 2.63. The molecule has 0 radical (unpaired) electrons. The van der Waals surface area contributed by atoms with Gasteiger partial charge in [0.1, 0.15) is 0 Å². The van der Waals surface area contributed by atoms with Crippen molar-refractivity contribution < 1.29 is 18.8 Å². The normalized spacial score (nSPS) is 15.4. The number of fused-ring (bicyclic) bond motifs is 1. The van der Waals surface area contributed by atoms with E-state index in [1.807, 2.05) is 5.48 Å². The molecule has 0 unspecified atom stereocenters. The molecule has 0 saturated carbocycles. The number of hydrogen-bond acceptors (Lipinski definition) is 3. The second-order valence-electron chi connectivity index (χ2n) is 5.27. The average molecular weight is 316 g/mol. The molecule has 0 aromatic heterocycles. The highest BCUT2D eigenvalue weighted by atomic mass is 19.3. The first kappa shape index (κ1) is 15.2. The van der Waals surface area contributed by atoms with Gasteiger partial charge in [0, 0.05) is 0 Å². The standard InChI is InChI=1S/C17H14F2N2O2/c1-11(20-23)13-6-4-5-12(9-13)10-21-15-8-3-2-7-14(15)17(18,19)16(21)22/h2-9,20,23H,1,10H2. The Labute approximate surface area is 131 Å². The number of hydroxylamine groups is 1. The van der Waals surface area contributed by atoms with E-state index in [1.54, 1.807) is 30.3 Å². The predicted molar refractivity (Wildman–Crippen MR) is 81.9 cm³/mol. The predicted octanol–water partition coefficient (Wildman–Crippen LogP) is 3.27. The second-order valence-corrected chi connectivity index (χ2v) is 5.27. The van der Waals surface area contributed by atoms with Crippen molar-refractivity contribution in [3.05, 3.63) is 71.8 Å². The molecule has 118 valence electrons. The third-order valence-corrected chi connectivity index (χ3v) is 3.80. The van der Waals surface area contributed by atoms with E-state index >= 15 is 0 Å². The summed E-state index contributed by atoms with van der Waals surface area (Å²) in [6.45, 7) is 3.64. The summed E-state index contributed by atoms with van der Waals surface area (Å²) in [4.78, 5) is 13.1. The van der Waals surface area contributed by atoms with E-state index in [-0.39, 0.29) is 23.5 Å². The number of amides is 1. The third-order valence-electron chi connectivity index (χ3n) is 3.80. The number of hydrogen-bond donors (Lipinski definition) is 2. The molecule has 0 spiro atoms. The van der Waals surface area contributed by atoms with Gasteiger partial charge >= 0.3 is 11.8 Å². The van der Waals surface area contributed by atoms with Crippen molar-refractivity contribution >= 4 is 17.3 Å². The first-order valence-corrected chi connectivity index (χ1v) is 6.92. The van der Waals surface area contributed by atoms with Gasteiger partial charge < -0.3 is 4.90 Å². The van der Waals surface area contributed by atoms with Gasteiger partial charge in [0.05, 0.1) is 23.5 Å². The van der Waals surface area contributed by atoms with E-state index in [9.17, 15) is 13.6 Å². The Morgan fingerprint density at radius 2 is 1.96 bits per heavy atom. The van der Waals surface area contributed by atoms with Crippen LogP contribution < -0.4 is 10.4 Å². The van der Waals surface area contributed by atoms with Crippen molar-refractivity contribution in [3.63, 3.8) is 0 Å². The van der Waals surface area contributed by atoms with Crippen LogP contribution in [0.2, 0.25) is 0 Å². The van der Waals surface area contributed by atoms with Crippen LogP contribution >= 0.6 is 0 Å². The van der Waals surface area contributed by atoms with Crippen LogP contribution in [0.4, 0.5) is 14.5 Å². The molecule has 1 aliphatic heterocycles. The van der Waals surface area contributed by atoms with Crippen LogP contribution in [-0.4, -0.2) is 11.1 Å². The Balaban J connectivity index is 1.95. The van der Waals surface area contributed by atoms with Crippen molar-refractivity contribution in [3.8, 4) is 0 Å². The molecular weight excluding hydrogens is 302 g/mol. The Morgan fingerprint density at radius 1 is 1.22 bits per heavy atom. The fraction of sp³-hybridized carbons (Fsp3) is 0.118. The van der Waals surface area contributed by atoms with Gasteiger partial charge in [0.15, 0.2) is 0 Å². The molecule has 1 amide bonds. The molecular formula is C17H14F2N2O2. The molecule has 2 aromatic carbocycles. The number of carbonyl (C=O) groups is 1. The molecule has 23 heavy (non-hydrogen) atoms. The highest BCUT2D eigenvalue weighted by molar-refractivity contribution is 6.05. The van der Waals surface area contributed by atoms with Gasteiger partial charge in [-0.15, -0.1) is 0 Å². The van der Waals surface area contributed by atoms with Crippen LogP contribution in [0, 0.1) is 0 Å². The van der Waals surface area contributed by atoms with Gasteiger partial charge in [-0.25, -0.2) is 0 Å². The van der Waals surface area contributed by atoms with E-state index in [1.165, 1.54) is 18.2 Å². The zero-order valence-electron chi connectivity index (χ0n) is 12.1. The molecule has 1 heterocycles. The molecule has 4 nitrogen and oxygen atoms in total. The largest absolute Gasteiger partial charge is 0.352 e. The minimum Gasteiger partial charge on any atom is -0.302 e. The highest BCUT2D eigenvalue weighted by Gasteiger charge is 2.52. The number of rotatable bonds is 4. The Bertz CT molecular complexity index is 790. The van der Waals surface area contributed by atoms with Gasteiger partial charge in [0.2, 0.25) is 0 Å². The van der Waals surface area contributed by atoms with E-state index in [2.05, 4.69) is 6.58 Å². The topological polar surface area (TPSA) is 52.6 Å². The maximum Gasteiger partial charge on any atom is 0.352 e. The molecule has 0 bridgehead atoms. The molecule has 2 aromatic rings. The van der Waals surface area contributed by atoms with Crippen LogP contribution in [-0.2, 0) is 17.3 Å². The minimum atomic E-state index is -3.51. The number of anilines is 1. The Kier molecular flexibility index (Phi) is 3.61. The molecule has 0 aliphatic carbocycles. The molecule has 0 fully saturated rings. The van der Waals surface area contributed by atoms with E-state index < -0.39 is 11.8 Å². The summed E-state index contributed by atoms with van der Waals surface area (Å²) in [7, 11) is 0. The number of nitrogens with one attached hydrogen (secondary N) is 1. The van der Waals surface area contributed by atoms with Crippen molar-refractivity contribution in [1.82, 2.24) is 5.48 Å². The van der Waals surface area contributed by atoms with Gasteiger partial charge in [-0.2, -0.15) is 8.78 Å². The summed E-state index contributed by atoms with van der Waals surface area (Å²) < 4.78 is 28.2. The average Bonchev–Trinajstić information content (AvgIpc) is 2.76. The van der Waals surface area contributed by atoms with Gasteiger partial charge in [0.25, 0.3) is 0 Å². The van der Waals surface area contributed by atoms with Crippen molar-refractivity contribution in [2.24, 2.45) is 0 Å². The van der Waals surface area contributed by atoms with Gasteiger partial charge in [-0.1, -0.05) is 43.0 Å². The lowest BCUT2D eigenvalue weighted by Gasteiger charge is -2.18. The van der Waals surface area contributed by atoms with Crippen molar-refractivity contribution in [2.45, 2.75) is 12.5 Å². The van der Waals surface area contributed by atoms with Crippen molar-refractivity contribution in [2.75, 3.05) is 4.90 Å². The first-order chi connectivity index (χ1) is 10.9.